The third-order valence-corrected chi connectivity index (χ3v) is 3.39. The van der Waals surface area contributed by atoms with E-state index in [0.717, 1.165) is 9.32 Å². The summed E-state index contributed by atoms with van der Waals surface area (Å²) < 4.78 is 11.9. The van der Waals surface area contributed by atoms with Crippen molar-refractivity contribution in [3.63, 3.8) is 0 Å². The minimum Gasteiger partial charge on any atom is -0.494 e. The minimum absolute atomic E-state index is 0.0363. The fourth-order valence-corrected chi connectivity index (χ4v) is 2.03. The Morgan fingerprint density at radius 1 is 0.950 bits per heavy atom. The van der Waals surface area contributed by atoms with Crippen molar-refractivity contribution in [2.24, 2.45) is 0 Å². The van der Waals surface area contributed by atoms with Gasteiger partial charge in [0.05, 0.1) is 6.61 Å². The molecule has 0 spiro atoms. The lowest BCUT2D eigenvalue weighted by Crippen LogP contribution is -2.11. The fourth-order valence-electron chi connectivity index (χ4n) is 1.67. The maximum Gasteiger partial charge on any atom is 0.200 e. The average molecular weight is 382 g/mol. The summed E-state index contributed by atoms with van der Waals surface area (Å²) in [4.78, 5) is 12.0. The van der Waals surface area contributed by atoms with Gasteiger partial charge in [0.15, 0.2) is 12.4 Å². The van der Waals surface area contributed by atoms with Crippen LogP contribution in [-0.4, -0.2) is 19.0 Å². The highest BCUT2D eigenvalue weighted by Crippen LogP contribution is 2.15. The summed E-state index contributed by atoms with van der Waals surface area (Å²) in [6, 6.07) is 14.7. The van der Waals surface area contributed by atoms with E-state index in [1.165, 1.54) is 0 Å². The zero-order valence-corrected chi connectivity index (χ0v) is 13.3. The molecule has 0 aromatic heterocycles. The van der Waals surface area contributed by atoms with Crippen LogP contribution in [0.5, 0.6) is 11.5 Å². The summed E-state index contributed by atoms with van der Waals surface area (Å²) in [7, 11) is 0. The number of rotatable bonds is 6. The molecule has 0 aliphatic rings. The summed E-state index contributed by atoms with van der Waals surface area (Å²) in [6.45, 7) is 2.58. The van der Waals surface area contributed by atoms with Crippen molar-refractivity contribution in [1.29, 1.82) is 0 Å². The number of ether oxygens (including phenoxy) is 2. The summed E-state index contributed by atoms with van der Waals surface area (Å²) >= 11 is 2.22. The number of ketones is 1. The first kappa shape index (κ1) is 14.8. The third-order valence-electron chi connectivity index (χ3n) is 2.67. The Morgan fingerprint density at radius 3 is 2.10 bits per heavy atom. The van der Waals surface area contributed by atoms with Crippen LogP contribution in [0.25, 0.3) is 0 Å². The van der Waals surface area contributed by atoms with Crippen molar-refractivity contribution in [1.82, 2.24) is 0 Å². The molecule has 0 saturated carbocycles. The topological polar surface area (TPSA) is 35.5 Å². The Hall–Kier alpha value is -1.56. The molecule has 0 N–H and O–H groups in total. The summed E-state index contributed by atoms with van der Waals surface area (Å²) in [5, 5.41) is 0. The molecule has 0 bridgehead atoms. The highest BCUT2D eigenvalue weighted by atomic mass is 127. The first-order valence-electron chi connectivity index (χ1n) is 6.33. The second-order valence-electron chi connectivity index (χ2n) is 4.12. The lowest BCUT2D eigenvalue weighted by Gasteiger charge is -2.07. The molecular weight excluding hydrogens is 367 g/mol. The van der Waals surface area contributed by atoms with E-state index in [0.29, 0.717) is 17.9 Å². The Kier molecular flexibility index (Phi) is 5.40. The van der Waals surface area contributed by atoms with Crippen LogP contribution < -0.4 is 9.47 Å². The van der Waals surface area contributed by atoms with Crippen molar-refractivity contribution >= 4 is 28.4 Å². The van der Waals surface area contributed by atoms with Crippen LogP contribution in [0.3, 0.4) is 0 Å². The quantitative estimate of drug-likeness (QED) is 0.561. The number of halogens is 1. The summed E-state index contributed by atoms with van der Waals surface area (Å²) in [5.74, 6) is 1.42. The van der Waals surface area contributed by atoms with Crippen LogP contribution in [0.4, 0.5) is 0 Å². The standard InChI is InChI=1S/C16H15IO3/c1-2-19-14-7-3-12(4-8-14)16(18)11-20-15-9-5-13(17)6-10-15/h3-10H,2,11H2,1H3. The molecule has 0 fully saturated rings. The third kappa shape index (κ3) is 4.23. The van der Waals surface area contributed by atoms with E-state index in [4.69, 9.17) is 9.47 Å². The fraction of sp³-hybridized carbons (Fsp3) is 0.188. The molecule has 4 heteroatoms. The van der Waals surface area contributed by atoms with E-state index in [1.54, 1.807) is 24.3 Å². The van der Waals surface area contributed by atoms with Gasteiger partial charge < -0.3 is 9.47 Å². The van der Waals surface area contributed by atoms with Gasteiger partial charge in [0.2, 0.25) is 0 Å². The van der Waals surface area contributed by atoms with Gasteiger partial charge in [0.1, 0.15) is 11.5 Å². The van der Waals surface area contributed by atoms with E-state index in [9.17, 15) is 4.79 Å². The second kappa shape index (κ2) is 7.28. The van der Waals surface area contributed by atoms with Crippen molar-refractivity contribution < 1.29 is 14.3 Å². The predicted molar refractivity (Wildman–Crippen MR) is 86.6 cm³/mol. The summed E-state index contributed by atoms with van der Waals surface area (Å²) in [6.07, 6.45) is 0. The molecule has 2 aromatic rings. The van der Waals surface area contributed by atoms with Gasteiger partial charge in [0, 0.05) is 9.13 Å². The van der Waals surface area contributed by atoms with Crippen LogP contribution in [0.1, 0.15) is 17.3 Å². The highest BCUT2D eigenvalue weighted by molar-refractivity contribution is 14.1. The summed E-state index contributed by atoms with van der Waals surface area (Å²) in [5.41, 5.74) is 0.624. The number of benzene rings is 2. The number of carbonyl (C=O) groups is 1. The molecule has 0 aliphatic heterocycles. The normalized spacial score (nSPS) is 10.1. The van der Waals surface area contributed by atoms with Crippen LogP contribution in [0.2, 0.25) is 0 Å². The van der Waals surface area contributed by atoms with E-state index >= 15 is 0 Å². The second-order valence-corrected chi connectivity index (χ2v) is 5.37. The molecule has 0 radical (unpaired) electrons. The van der Waals surface area contributed by atoms with Gasteiger partial charge in [-0.3, -0.25) is 4.79 Å². The Labute approximate surface area is 132 Å². The first-order chi connectivity index (χ1) is 9.69. The minimum atomic E-state index is -0.0494. The van der Waals surface area contributed by atoms with E-state index in [1.807, 2.05) is 31.2 Å². The van der Waals surface area contributed by atoms with Gasteiger partial charge in [-0.05, 0) is 78.0 Å². The Bertz CT molecular complexity index is 561. The lowest BCUT2D eigenvalue weighted by atomic mass is 10.1. The van der Waals surface area contributed by atoms with Crippen molar-refractivity contribution in [3.05, 3.63) is 57.7 Å². The number of Topliss-reactive ketones (excluding diaryl/α,β-unsaturated/α-hetero) is 1. The van der Waals surface area contributed by atoms with Crippen molar-refractivity contribution in [2.75, 3.05) is 13.2 Å². The van der Waals surface area contributed by atoms with Crippen LogP contribution in [0.15, 0.2) is 48.5 Å². The monoisotopic (exact) mass is 382 g/mol. The zero-order chi connectivity index (χ0) is 14.4. The first-order valence-corrected chi connectivity index (χ1v) is 7.41. The van der Waals surface area contributed by atoms with Crippen LogP contribution in [0, 0.1) is 3.57 Å². The maximum absolute atomic E-state index is 12.0. The number of hydrogen-bond donors (Lipinski definition) is 0. The Morgan fingerprint density at radius 2 is 1.50 bits per heavy atom. The molecule has 0 aliphatic carbocycles. The molecule has 0 unspecified atom stereocenters. The largest absolute Gasteiger partial charge is 0.494 e. The molecule has 104 valence electrons. The van der Waals surface area contributed by atoms with Gasteiger partial charge >= 0.3 is 0 Å². The molecule has 0 heterocycles. The molecule has 0 atom stereocenters. The van der Waals surface area contributed by atoms with Gasteiger partial charge in [-0.25, -0.2) is 0 Å². The molecular formula is C16H15IO3. The van der Waals surface area contributed by atoms with E-state index in [-0.39, 0.29) is 12.4 Å². The molecule has 3 nitrogen and oxygen atoms in total. The highest BCUT2D eigenvalue weighted by Gasteiger charge is 2.07. The van der Waals surface area contributed by atoms with Crippen LogP contribution >= 0.6 is 22.6 Å². The molecule has 0 amide bonds. The average Bonchev–Trinajstić information content (AvgIpc) is 2.47. The van der Waals surface area contributed by atoms with Crippen LogP contribution in [-0.2, 0) is 0 Å². The SMILES string of the molecule is CCOc1ccc(C(=O)COc2ccc(I)cc2)cc1. The predicted octanol–water partition coefficient (Wildman–Crippen LogP) is 3.95. The zero-order valence-electron chi connectivity index (χ0n) is 11.1. The van der Waals surface area contributed by atoms with E-state index < -0.39 is 0 Å². The van der Waals surface area contributed by atoms with Crippen molar-refractivity contribution in [2.45, 2.75) is 6.92 Å². The van der Waals surface area contributed by atoms with Gasteiger partial charge in [-0.15, -0.1) is 0 Å². The van der Waals surface area contributed by atoms with E-state index in [2.05, 4.69) is 22.6 Å². The van der Waals surface area contributed by atoms with Gasteiger partial charge in [-0.1, -0.05) is 0 Å². The van der Waals surface area contributed by atoms with Crippen molar-refractivity contribution in [3.8, 4) is 11.5 Å². The number of carbonyl (C=O) groups excluding carboxylic acids is 1. The van der Waals surface area contributed by atoms with Gasteiger partial charge in [0.25, 0.3) is 0 Å². The molecule has 20 heavy (non-hydrogen) atoms. The molecule has 0 saturated heterocycles. The Balaban J connectivity index is 1.92. The lowest BCUT2D eigenvalue weighted by molar-refractivity contribution is 0.0921. The number of hydrogen-bond acceptors (Lipinski definition) is 3. The maximum atomic E-state index is 12.0. The molecule has 2 rings (SSSR count). The van der Waals surface area contributed by atoms with Gasteiger partial charge in [-0.2, -0.15) is 0 Å². The molecule has 2 aromatic carbocycles. The smallest absolute Gasteiger partial charge is 0.200 e.